The van der Waals surface area contributed by atoms with Crippen LogP contribution in [-0.2, 0) is 29.5 Å². The van der Waals surface area contributed by atoms with Gasteiger partial charge in [-0.25, -0.2) is 26.3 Å². The number of fused-ring (bicyclic) bond motifs is 3. The lowest BCUT2D eigenvalue weighted by Crippen LogP contribution is -2.27. The minimum absolute atomic E-state index is 0.0886. The molecule has 0 saturated heterocycles. The summed E-state index contributed by atoms with van der Waals surface area (Å²) in [5, 5.41) is 6.12. The molecule has 0 radical (unpaired) electrons. The van der Waals surface area contributed by atoms with Gasteiger partial charge in [0.2, 0.25) is 20.0 Å². The van der Waals surface area contributed by atoms with Crippen LogP contribution in [-0.4, -0.2) is 82.2 Å². The Morgan fingerprint density at radius 1 is 0.758 bits per heavy atom. The highest BCUT2D eigenvalue weighted by atomic mass is 32.2. The standard InChI is InChI=1S/C21H28N4O6S2/c1-25(2)24-21-19-13-15(32(26,27)22-9-11-30-3)5-7-17(19)18-8-6-16(14-20(18)21)33(28,29)23-10-12-31-4/h5-8,13-14,22-23H,9-12H2,1-4H3. The van der Waals surface area contributed by atoms with Gasteiger partial charge in [0.15, 0.2) is 0 Å². The monoisotopic (exact) mass is 496 g/mol. The first-order valence-electron chi connectivity index (χ1n) is 10.1. The fraction of sp³-hybridized carbons (Fsp3) is 0.381. The van der Waals surface area contributed by atoms with Gasteiger partial charge in [-0.1, -0.05) is 12.1 Å². The summed E-state index contributed by atoms with van der Waals surface area (Å²) in [6, 6.07) is 9.57. The number of nitrogens with one attached hydrogen (secondary N) is 2. The van der Waals surface area contributed by atoms with Crippen molar-refractivity contribution >= 4 is 25.8 Å². The predicted octanol–water partition coefficient (Wildman–Crippen LogP) is 0.830. The molecule has 0 amide bonds. The molecule has 33 heavy (non-hydrogen) atoms. The lowest BCUT2D eigenvalue weighted by molar-refractivity contribution is 0.204. The molecule has 1 aliphatic carbocycles. The summed E-state index contributed by atoms with van der Waals surface area (Å²) >= 11 is 0. The number of hydrogen-bond acceptors (Lipinski definition) is 8. The highest BCUT2D eigenvalue weighted by Crippen LogP contribution is 2.39. The third-order valence-electron chi connectivity index (χ3n) is 4.90. The van der Waals surface area contributed by atoms with Gasteiger partial charge in [-0.05, 0) is 35.4 Å². The van der Waals surface area contributed by atoms with Gasteiger partial charge in [0.05, 0.1) is 28.7 Å². The number of methoxy groups -OCH3 is 2. The number of hydrogen-bond donors (Lipinski definition) is 2. The molecule has 0 aliphatic heterocycles. The van der Waals surface area contributed by atoms with Crippen molar-refractivity contribution < 1.29 is 26.3 Å². The van der Waals surface area contributed by atoms with Crippen LogP contribution in [0.2, 0.25) is 0 Å². The maximum Gasteiger partial charge on any atom is 0.240 e. The van der Waals surface area contributed by atoms with Crippen LogP contribution in [0.5, 0.6) is 0 Å². The number of sulfonamides is 2. The van der Waals surface area contributed by atoms with Crippen molar-refractivity contribution in [3.63, 3.8) is 0 Å². The van der Waals surface area contributed by atoms with Gasteiger partial charge < -0.3 is 14.5 Å². The first-order chi connectivity index (χ1) is 15.6. The Kier molecular flexibility index (Phi) is 7.88. The molecule has 0 unspecified atom stereocenters. The van der Waals surface area contributed by atoms with Gasteiger partial charge in [0.1, 0.15) is 0 Å². The molecule has 3 rings (SSSR count). The van der Waals surface area contributed by atoms with E-state index in [9.17, 15) is 16.8 Å². The van der Waals surface area contributed by atoms with Gasteiger partial charge in [0, 0.05) is 52.5 Å². The van der Waals surface area contributed by atoms with Crippen LogP contribution in [0, 0.1) is 0 Å². The third-order valence-corrected chi connectivity index (χ3v) is 7.82. The molecule has 0 bridgehead atoms. The molecular formula is C21H28N4O6S2. The van der Waals surface area contributed by atoms with Crippen LogP contribution in [0.3, 0.4) is 0 Å². The maximum atomic E-state index is 12.7. The molecule has 180 valence electrons. The van der Waals surface area contributed by atoms with E-state index < -0.39 is 20.0 Å². The van der Waals surface area contributed by atoms with Crippen molar-refractivity contribution in [2.75, 3.05) is 54.6 Å². The second kappa shape index (κ2) is 10.3. The zero-order chi connectivity index (χ0) is 24.2. The average molecular weight is 497 g/mol. The number of nitrogens with zero attached hydrogens (tertiary/aromatic N) is 2. The van der Waals surface area contributed by atoms with Gasteiger partial charge in [-0.2, -0.15) is 5.10 Å². The van der Waals surface area contributed by atoms with Gasteiger partial charge in [0.25, 0.3) is 0 Å². The van der Waals surface area contributed by atoms with E-state index in [1.165, 1.54) is 26.4 Å². The molecule has 0 atom stereocenters. The molecule has 0 fully saturated rings. The number of hydrazone groups is 1. The van der Waals surface area contributed by atoms with Crippen LogP contribution < -0.4 is 9.44 Å². The van der Waals surface area contributed by atoms with Crippen molar-refractivity contribution in [3.05, 3.63) is 47.5 Å². The molecule has 12 heteroatoms. The minimum atomic E-state index is -3.75. The quantitative estimate of drug-likeness (QED) is 0.297. The van der Waals surface area contributed by atoms with Crippen molar-refractivity contribution in [2.45, 2.75) is 9.79 Å². The highest BCUT2D eigenvalue weighted by Gasteiger charge is 2.29. The smallest absolute Gasteiger partial charge is 0.240 e. The van der Waals surface area contributed by atoms with Crippen molar-refractivity contribution in [1.82, 2.24) is 14.5 Å². The molecule has 2 aromatic carbocycles. The topological polar surface area (TPSA) is 126 Å². The zero-order valence-electron chi connectivity index (χ0n) is 19.0. The molecule has 0 saturated carbocycles. The zero-order valence-corrected chi connectivity index (χ0v) is 20.6. The van der Waals surface area contributed by atoms with E-state index in [1.807, 2.05) is 0 Å². The average Bonchev–Trinajstić information content (AvgIpc) is 3.06. The van der Waals surface area contributed by atoms with Crippen LogP contribution in [0.25, 0.3) is 11.1 Å². The van der Waals surface area contributed by atoms with E-state index >= 15 is 0 Å². The van der Waals surface area contributed by atoms with Gasteiger partial charge >= 0.3 is 0 Å². The van der Waals surface area contributed by atoms with Crippen LogP contribution in [0.4, 0.5) is 0 Å². The van der Waals surface area contributed by atoms with E-state index in [1.54, 1.807) is 43.4 Å². The molecular weight excluding hydrogens is 468 g/mol. The van der Waals surface area contributed by atoms with Crippen LogP contribution in [0.1, 0.15) is 11.1 Å². The summed E-state index contributed by atoms with van der Waals surface area (Å²) < 4.78 is 65.6. The van der Waals surface area contributed by atoms with Crippen LogP contribution >= 0.6 is 0 Å². The van der Waals surface area contributed by atoms with Gasteiger partial charge in [-0.15, -0.1) is 0 Å². The Hall–Kier alpha value is -2.35. The maximum absolute atomic E-state index is 12.7. The van der Waals surface area contributed by atoms with Crippen molar-refractivity contribution in [3.8, 4) is 11.1 Å². The van der Waals surface area contributed by atoms with Crippen molar-refractivity contribution in [1.29, 1.82) is 0 Å². The number of ether oxygens (including phenoxy) is 2. The number of benzene rings is 2. The lowest BCUT2D eigenvalue weighted by Gasteiger charge is -2.11. The predicted molar refractivity (Wildman–Crippen MR) is 125 cm³/mol. The van der Waals surface area contributed by atoms with E-state index in [4.69, 9.17) is 9.47 Å². The summed E-state index contributed by atoms with van der Waals surface area (Å²) in [4.78, 5) is 0.177. The molecule has 0 aromatic heterocycles. The third kappa shape index (κ3) is 5.60. The highest BCUT2D eigenvalue weighted by molar-refractivity contribution is 7.89. The Morgan fingerprint density at radius 2 is 1.18 bits per heavy atom. The summed E-state index contributed by atoms with van der Waals surface area (Å²) in [6.07, 6.45) is 0. The van der Waals surface area contributed by atoms with E-state index in [-0.39, 0.29) is 36.1 Å². The molecule has 10 nitrogen and oxygen atoms in total. The van der Waals surface area contributed by atoms with Crippen LogP contribution in [0.15, 0.2) is 51.3 Å². The Balaban J connectivity index is 2.05. The minimum Gasteiger partial charge on any atom is -0.383 e. The van der Waals surface area contributed by atoms with Crippen molar-refractivity contribution in [2.24, 2.45) is 5.10 Å². The first kappa shape index (κ1) is 25.3. The van der Waals surface area contributed by atoms with E-state index in [0.29, 0.717) is 16.8 Å². The van der Waals surface area contributed by atoms with E-state index in [0.717, 1.165) is 11.1 Å². The lowest BCUT2D eigenvalue weighted by atomic mass is 10.1. The fourth-order valence-corrected chi connectivity index (χ4v) is 5.50. The second-order valence-corrected chi connectivity index (χ2v) is 11.0. The Labute approximate surface area is 194 Å². The summed E-state index contributed by atoms with van der Waals surface area (Å²) in [6.45, 7) is 0.787. The number of rotatable bonds is 11. The normalized spacial score (nSPS) is 13.0. The SMILES string of the molecule is COCCNS(=O)(=O)c1ccc2c(c1)C(=NN(C)C)c1cc(S(=O)(=O)NCCOC)ccc1-2. The molecule has 1 aliphatic rings. The Morgan fingerprint density at radius 3 is 1.55 bits per heavy atom. The van der Waals surface area contributed by atoms with E-state index in [2.05, 4.69) is 14.5 Å². The molecule has 2 N–H and O–H groups in total. The fourth-order valence-electron chi connectivity index (χ4n) is 3.42. The molecule has 0 heterocycles. The molecule has 2 aromatic rings. The first-order valence-corrected chi connectivity index (χ1v) is 13.1. The summed E-state index contributed by atoms with van der Waals surface area (Å²) in [5.74, 6) is 0. The van der Waals surface area contributed by atoms with Gasteiger partial charge in [-0.3, -0.25) is 0 Å². The second-order valence-electron chi connectivity index (χ2n) is 7.49. The summed E-state index contributed by atoms with van der Waals surface area (Å²) in [7, 11) is -1.04. The Bertz CT molecular complexity index is 1170. The largest absolute Gasteiger partial charge is 0.383 e. The molecule has 0 spiro atoms. The summed E-state index contributed by atoms with van der Waals surface area (Å²) in [5.41, 5.74) is 3.26.